The average Bonchev–Trinajstić information content (AvgIpc) is 3.06. The lowest BCUT2D eigenvalue weighted by molar-refractivity contribution is 0.341. The number of hydrogen-bond donors (Lipinski definition) is 0. The smallest absolute Gasteiger partial charge is 0.192 e. The summed E-state index contributed by atoms with van der Waals surface area (Å²) in [5, 5.41) is 10.7. The highest BCUT2D eigenvalue weighted by Crippen LogP contribution is 2.32. The van der Waals surface area contributed by atoms with Crippen molar-refractivity contribution in [3.8, 4) is 17.1 Å². The van der Waals surface area contributed by atoms with E-state index in [0.29, 0.717) is 28.9 Å². The van der Waals surface area contributed by atoms with Gasteiger partial charge >= 0.3 is 0 Å². The molecule has 2 aromatic carbocycles. The summed E-state index contributed by atoms with van der Waals surface area (Å²) in [6, 6.07) is 13.5. The Morgan fingerprint density at radius 1 is 1.15 bits per heavy atom. The van der Waals surface area contributed by atoms with E-state index in [1.807, 2.05) is 54.0 Å². The van der Waals surface area contributed by atoms with Crippen molar-refractivity contribution in [1.82, 2.24) is 14.8 Å². The van der Waals surface area contributed by atoms with E-state index in [0.717, 1.165) is 27.9 Å². The Bertz CT molecular complexity index is 943. The lowest BCUT2D eigenvalue weighted by Crippen LogP contribution is -2.02. The van der Waals surface area contributed by atoms with Gasteiger partial charge in [-0.1, -0.05) is 59.2 Å². The van der Waals surface area contributed by atoms with Crippen LogP contribution in [0.3, 0.4) is 0 Å². The molecule has 3 rings (SSSR count). The van der Waals surface area contributed by atoms with Crippen molar-refractivity contribution >= 4 is 35.0 Å². The SMILES string of the molecule is C=CCn1c(SCc2ccc(Cl)c(Cl)c2)nnc1-c1ccccc1OCC. The van der Waals surface area contributed by atoms with Gasteiger partial charge in [0.25, 0.3) is 0 Å². The van der Waals surface area contributed by atoms with Gasteiger partial charge in [0.1, 0.15) is 5.75 Å². The highest BCUT2D eigenvalue weighted by atomic mass is 35.5. The predicted octanol–water partition coefficient (Wildman–Crippen LogP) is 6.13. The van der Waals surface area contributed by atoms with Crippen LogP contribution in [-0.4, -0.2) is 21.4 Å². The molecule has 0 atom stereocenters. The number of halogens is 2. The number of benzene rings is 2. The van der Waals surface area contributed by atoms with E-state index >= 15 is 0 Å². The van der Waals surface area contributed by atoms with Gasteiger partial charge in [-0.15, -0.1) is 16.8 Å². The number of hydrogen-bond acceptors (Lipinski definition) is 4. The fourth-order valence-corrected chi connectivity index (χ4v) is 3.81. The summed E-state index contributed by atoms with van der Waals surface area (Å²) in [6.45, 7) is 7.02. The second-order valence-corrected chi connectivity index (χ2v) is 7.43. The maximum atomic E-state index is 6.11. The summed E-state index contributed by atoms with van der Waals surface area (Å²) >= 11 is 13.7. The number of allylic oxidation sites excluding steroid dienone is 1. The second-order valence-electron chi connectivity index (χ2n) is 5.67. The van der Waals surface area contributed by atoms with Crippen LogP contribution in [0.25, 0.3) is 11.4 Å². The minimum Gasteiger partial charge on any atom is -0.493 e. The number of thioether (sulfide) groups is 1. The van der Waals surface area contributed by atoms with Crippen molar-refractivity contribution in [3.63, 3.8) is 0 Å². The summed E-state index contributed by atoms with van der Waals surface area (Å²) in [6.07, 6.45) is 1.83. The van der Waals surface area contributed by atoms with Crippen LogP contribution >= 0.6 is 35.0 Å². The van der Waals surface area contributed by atoms with Gasteiger partial charge in [0, 0.05) is 12.3 Å². The van der Waals surface area contributed by atoms with Crippen molar-refractivity contribution in [2.75, 3.05) is 6.61 Å². The summed E-state index contributed by atoms with van der Waals surface area (Å²) in [4.78, 5) is 0. The lowest BCUT2D eigenvalue weighted by atomic mass is 10.2. The Morgan fingerprint density at radius 2 is 1.96 bits per heavy atom. The number of rotatable bonds is 8. The Hall–Kier alpha value is -1.95. The molecule has 140 valence electrons. The van der Waals surface area contributed by atoms with Crippen LogP contribution < -0.4 is 4.74 Å². The first-order valence-corrected chi connectivity index (χ1v) is 10.2. The largest absolute Gasteiger partial charge is 0.493 e. The normalized spacial score (nSPS) is 10.8. The van der Waals surface area contributed by atoms with Crippen molar-refractivity contribution in [1.29, 1.82) is 0 Å². The number of nitrogens with zero attached hydrogens (tertiary/aromatic N) is 3. The summed E-state index contributed by atoms with van der Waals surface area (Å²) in [5.41, 5.74) is 1.98. The van der Waals surface area contributed by atoms with Gasteiger partial charge in [-0.25, -0.2) is 0 Å². The van der Waals surface area contributed by atoms with Crippen molar-refractivity contribution in [2.24, 2.45) is 0 Å². The van der Waals surface area contributed by atoms with Crippen molar-refractivity contribution < 1.29 is 4.74 Å². The number of para-hydroxylation sites is 1. The first-order chi connectivity index (χ1) is 13.1. The maximum absolute atomic E-state index is 6.11. The molecule has 0 saturated heterocycles. The van der Waals surface area contributed by atoms with Crippen LogP contribution in [0.2, 0.25) is 10.0 Å². The maximum Gasteiger partial charge on any atom is 0.192 e. The van der Waals surface area contributed by atoms with Crippen molar-refractivity contribution in [2.45, 2.75) is 24.4 Å². The third-order valence-corrected chi connectivity index (χ3v) is 5.59. The first-order valence-electron chi connectivity index (χ1n) is 8.47. The summed E-state index contributed by atoms with van der Waals surface area (Å²) in [5.74, 6) is 2.26. The van der Waals surface area contributed by atoms with Gasteiger partial charge < -0.3 is 4.74 Å². The highest BCUT2D eigenvalue weighted by molar-refractivity contribution is 7.98. The van der Waals surface area contributed by atoms with Gasteiger partial charge in [0.05, 0.1) is 22.2 Å². The van der Waals surface area contributed by atoms with Crippen molar-refractivity contribution in [3.05, 3.63) is 70.7 Å². The Morgan fingerprint density at radius 3 is 2.70 bits per heavy atom. The second kappa shape index (κ2) is 9.31. The molecule has 3 aromatic rings. The molecule has 0 radical (unpaired) electrons. The monoisotopic (exact) mass is 419 g/mol. The molecule has 0 fully saturated rings. The minimum atomic E-state index is 0.550. The van der Waals surface area contributed by atoms with Crippen LogP contribution in [0.15, 0.2) is 60.3 Å². The van der Waals surface area contributed by atoms with Crippen LogP contribution in [0.5, 0.6) is 5.75 Å². The molecule has 0 spiro atoms. The molecule has 0 aliphatic rings. The molecular formula is C20H19Cl2N3OS. The van der Waals surface area contributed by atoms with Gasteiger partial charge in [-0.05, 0) is 36.8 Å². The molecule has 0 unspecified atom stereocenters. The first kappa shape index (κ1) is 19.8. The molecule has 0 N–H and O–H groups in total. The lowest BCUT2D eigenvalue weighted by Gasteiger charge is -2.11. The van der Waals surface area contributed by atoms with Crippen LogP contribution in [0.4, 0.5) is 0 Å². The quantitative estimate of drug-likeness (QED) is 0.325. The van der Waals surface area contributed by atoms with E-state index in [1.54, 1.807) is 17.8 Å². The predicted molar refractivity (Wildman–Crippen MR) is 113 cm³/mol. The standard InChI is InChI=1S/C20H19Cl2N3OS/c1-3-11-25-19(15-7-5-6-8-18(15)26-4-2)23-24-20(25)27-13-14-9-10-16(21)17(22)12-14/h3,5-10,12H,1,4,11,13H2,2H3. The van der Waals surface area contributed by atoms with E-state index < -0.39 is 0 Å². The molecule has 1 heterocycles. The zero-order valence-electron chi connectivity index (χ0n) is 14.9. The Balaban J connectivity index is 1.89. The van der Waals surface area contributed by atoms with Gasteiger partial charge in [-0.2, -0.15) is 0 Å². The molecule has 0 aliphatic carbocycles. The molecular weight excluding hydrogens is 401 g/mol. The zero-order valence-corrected chi connectivity index (χ0v) is 17.2. The molecule has 4 nitrogen and oxygen atoms in total. The third kappa shape index (κ3) is 4.67. The van der Waals surface area contributed by atoms with E-state index in [2.05, 4.69) is 16.8 Å². The van der Waals surface area contributed by atoms with Crippen LogP contribution in [-0.2, 0) is 12.3 Å². The van der Waals surface area contributed by atoms with E-state index in [4.69, 9.17) is 27.9 Å². The van der Waals surface area contributed by atoms with E-state index in [-0.39, 0.29) is 0 Å². The third-order valence-electron chi connectivity index (χ3n) is 3.81. The summed E-state index contributed by atoms with van der Waals surface area (Å²) < 4.78 is 7.78. The molecule has 0 amide bonds. The van der Waals surface area contributed by atoms with Crippen LogP contribution in [0.1, 0.15) is 12.5 Å². The van der Waals surface area contributed by atoms with E-state index in [1.165, 1.54) is 0 Å². The molecule has 0 aliphatic heterocycles. The Kier molecular flexibility index (Phi) is 6.83. The van der Waals surface area contributed by atoms with Gasteiger partial charge in [0.2, 0.25) is 0 Å². The van der Waals surface area contributed by atoms with Crippen LogP contribution in [0, 0.1) is 0 Å². The summed E-state index contributed by atoms with van der Waals surface area (Å²) in [7, 11) is 0. The topological polar surface area (TPSA) is 39.9 Å². The fraction of sp³-hybridized carbons (Fsp3) is 0.200. The number of aromatic nitrogens is 3. The van der Waals surface area contributed by atoms with Gasteiger partial charge in [-0.3, -0.25) is 4.57 Å². The Labute approximate surface area is 173 Å². The molecule has 27 heavy (non-hydrogen) atoms. The zero-order chi connectivity index (χ0) is 19.2. The molecule has 7 heteroatoms. The average molecular weight is 420 g/mol. The highest BCUT2D eigenvalue weighted by Gasteiger charge is 2.17. The number of ether oxygens (including phenoxy) is 1. The minimum absolute atomic E-state index is 0.550. The van der Waals surface area contributed by atoms with Gasteiger partial charge in [0.15, 0.2) is 11.0 Å². The fourth-order valence-electron chi connectivity index (χ4n) is 2.60. The van der Waals surface area contributed by atoms with E-state index in [9.17, 15) is 0 Å². The molecule has 0 bridgehead atoms. The molecule has 0 saturated carbocycles. The molecule has 1 aromatic heterocycles.